The van der Waals surface area contributed by atoms with Gasteiger partial charge in [-0.25, -0.2) is 0 Å². The highest BCUT2D eigenvalue weighted by atomic mass is 16.4. The van der Waals surface area contributed by atoms with Gasteiger partial charge in [0.25, 0.3) is 0 Å². The number of hydrogen-bond donors (Lipinski definition) is 2. The zero-order valence-corrected chi connectivity index (χ0v) is 7.94. The highest BCUT2D eigenvalue weighted by Gasteiger charge is 2.27. The minimum Gasteiger partial charge on any atom is -0.480 e. The Balaban J connectivity index is 2.52. The maximum absolute atomic E-state index is 10.8. The maximum Gasteiger partial charge on any atom is 0.320 e. The average Bonchev–Trinajstić information content (AvgIpc) is 2.04. The van der Waals surface area contributed by atoms with Crippen LogP contribution in [0.1, 0.15) is 26.2 Å². The van der Waals surface area contributed by atoms with Gasteiger partial charge in [0, 0.05) is 6.54 Å². The van der Waals surface area contributed by atoms with Gasteiger partial charge in [-0.15, -0.1) is 0 Å². The second kappa shape index (κ2) is 4.58. The van der Waals surface area contributed by atoms with Crippen LogP contribution >= 0.6 is 0 Å². The summed E-state index contributed by atoms with van der Waals surface area (Å²) in [5, 5.41) is 18.3. The Bertz CT molecular complexity index is 184. The number of nitrogens with zero attached hydrogens (tertiary/aromatic N) is 1. The van der Waals surface area contributed by atoms with Crippen molar-refractivity contribution in [2.45, 2.75) is 38.3 Å². The molecule has 1 heterocycles. The number of carbonyl (C=O) groups is 1. The molecular weight excluding hydrogens is 170 g/mol. The van der Waals surface area contributed by atoms with Crippen molar-refractivity contribution in [3.63, 3.8) is 0 Å². The molecule has 2 N–H and O–H groups in total. The molecule has 13 heavy (non-hydrogen) atoms. The summed E-state index contributed by atoms with van der Waals surface area (Å²) in [5.74, 6) is -0.781. The van der Waals surface area contributed by atoms with Crippen LogP contribution in [-0.2, 0) is 4.79 Å². The van der Waals surface area contributed by atoms with Crippen molar-refractivity contribution in [2.75, 3.05) is 13.1 Å². The van der Waals surface area contributed by atoms with Gasteiger partial charge in [0.1, 0.15) is 6.04 Å². The van der Waals surface area contributed by atoms with Crippen LogP contribution in [0.25, 0.3) is 0 Å². The van der Waals surface area contributed by atoms with Gasteiger partial charge in [-0.3, -0.25) is 9.69 Å². The van der Waals surface area contributed by atoms with E-state index >= 15 is 0 Å². The first-order chi connectivity index (χ1) is 6.15. The van der Waals surface area contributed by atoms with Crippen LogP contribution in [0, 0.1) is 0 Å². The predicted molar refractivity (Wildman–Crippen MR) is 48.5 cm³/mol. The van der Waals surface area contributed by atoms with Gasteiger partial charge in [-0.2, -0.15) is 0 Å². The highest BCUT2D eigenvalue weighted by Crippen LogP contribution is 2.14. The predicted octanol–water partition coefficient (Wildman–Crippen LogP) is 0.306. The van der Waals surface area contributed by atoms with Gasteiger partial charge >= 0.3 is 5.97 Å². The van der Waals surface area contributed by atoms with Gasteiger partial charge in [-0.05, 0) is 25.8 Å². The second-order valence-corrected chi connectivity index (χ2v) is 3.55. The van der Waals surface area contributed by atoms with Crippen LogP contribution < -0.4 is 0 Å². The third-order valence-electron chi connectivity index (χ3n) is 2.54. The molecule has 0 aromatic heterocycles. The van der Waals surface area contributed by atoms with Gasteiger partial charge in [0.2, 0.25) is 0 Å². The number of carboxylic acids is 1. The molecule has 1 fully saturated rings. The molecule has 0 bridgehead atoms. The second-order valence-electron chi connectivity index (χ2n) is 3.55. The fourth-order valence-electron chi connectivity index (χ4n) is 1.86. The normalized spacial score (nSPS) is 27.1. The Morgan fingerprint density at radius 3 is 2.85 bits per heavy atom. The Labute approximate surface area is 78.2 Å². The van der Waals surface area contributed by atoms with Gasteiger partial charge < -0.3 is 10.2 Å². The lowest BCUT2D eigenvalue weighted by atomic mass is 10.0. The zero-order chi connectivity index (χ0) is 9.84. The van der Waals surface area contributed by atoms with Gasteiger partial charge in [-0.1, -0.05) is 6.92 Å². The highest BCUT2D eigenvalue weighted by molar-refractivity contribution is 5.73. The smallest absolute Gasteiger partial charge is 0.320 e. The van der Waals surface area contributed by atoms with E-state index < -0.39 is 12.0 Å². The molecule has 0 radical (unpaired) electrons. The molecule has 1 saturated heterocycles. The lowest BCUT2D eigenvalue weighted by Crippen LogP contribution is -2.47. The SMILES string of the molecule is CC[C@H](C(=O)O)N1CCC[C@H](O)C1. The van der Waals surface area contributed by atoms with Crippen molar-refractivity contribution in [3.05, 3.63) is 0 Å². The summed E-state index contributed by atoms with van der Waals surface area (Å²) < 4.78 is 0. The third kappa shape index (κ3) is 2.67. The number of aliphatic hydroxyl groups is 1. The van der Waals surface area contributed by atoms with E-state index in [-0.39, 0.29) is 6.10 Å². The molecule has 1 rings (SSSR count). The van der Waals surface area contributed by atoms with E-state index in [1.165, 1.54) is 0 Å². The molecule has 4 heteroatoms. The zero-order valence-electron chi connectivity index (χ0n) is 7.94. The molecule has 0 aliphatic carbocycles. The molecule has 0 spiro atoms. The summed E-state index contributed by atoms with van der Waals surface area (Å²) in [6, 6.07) is -0.421. The van der Waals surface area contributed by atoms with E-state index in [1.54, 1.807) is 0 Å². The molecule has 0 saturated carbocycles. The monoisotopic (exact) mass is 187 g/mol. The summed E-state index contributed by atoms with van der Waals surface area (Å²) in [6.07, 6.45) is 1.95. The summed E-state index contributed by atoms with van der Waals surface area (Å²) in [7, 11) is 0. The van der Waals surface area contributed by atoms with Crippen molar-refractivity contribution >= 4 is 5.97 Å². The number of carboxylic acid groups (broad SMARTS) is 1. The molecule has 1 aliphatic rings. The fourth-order valence-corrected chi connectivity index (χ4v) is 1.86. The molecule has 0 amide bonds. The number of aliphatic carboxylic acids is 1. The molecule has 0 aromatic carbocycles. The minimum absolute atomic E-state index is 0.345. The molecule has 0 aromatic rings. The van der Waals surface area contributed by atoms with E-state index in [9.17, 15) is 9.90 Å². The van der Waals surface area contributed by atoms with Crippen LogP contribution in [0.2, 0.25) is 0 Å². The number of hydrogen-bond acceptors (Lipinski definition) is 3. The van der Waals surface area contributed by atoms with E-state index in [4.69, 9.17) is 5.11 Å². The summed E-state index contributed by atoms with van der Waals surface area (Å²) in [5.41, 5.74) is 0. The van der Waals surface area contributed by atoms with E-state index in [2.05, 4.69) is 0 Å². The number of likely N-dealkylation sites (tertiary alicyclic amines) is 1. The minimum atomic E-state index is -0.781. The lowest BCUT2D eigenvalue weighted by molar-refractivity contribution is -0.144. The average molecular weight is 187 g/mol. The first kappa shape index (κ1) is 10.5. The first-order valence-corrected chi connectivity index (χ1v) is 4.80. The molecule has 0 unspecified atom stereocenters. The van der Waals surface area contributed by atoms with Crippen molar-refractivity contribution < 1.29 is 15.0 Å². The van der Waals surface area contributed by atoms with E-state index in [0.29, 0.717) is 13.0 Å². The Hall–Kier alpha value is -0.610. The molecular formula is C9H17NO3. The van der Waals surface area contributed by atoms with E-state index in [1.807, 2.05) is 11.8 Å². The molecule has 4 nitrogen and oxygen atoms in total. The number of aliphatic hydroxyl groups excluding tert-OH is 1. The first-order valence-electron chi connectivity index (χ1n) is 4.80. The van der Waals surface area contributed by atoms with E-state index in [0.717, 1.165) is 19.4 Å². The van der Waals surface area contributed by atoms with Crippen LogP contribution in [-0.4, -0.2) is 46.3 Å². The Kier molecular flexibility index (Phi) is 3.69. The molecule has 76 valence electrons. The Morgan fingerprint density at radius 2 is 2.38 bits per heavy atom. The standard InChI is InChI=1S/C9H17NO3/c1-2-8(9(12)13)10-5-3-4-7(11)6-10/h7-8,11H,2-6H2,1H3,(H,12,13)/t7-,8+/m0/s1. The number of piperidine rings is 1. The number of β-amino-alcohol motifs (C(OH)–C–C–N with tert-alkyl or cyclic N) is 1. The summed E-state index contributed by atoms with van der Waals surface area (Å²) in [4.78, 5) is 12.7. The lowest BCUT2D eigenvalue weighted by Gasteiger charge is -2.33. The van der Waals surface area contributed by atoms with Crippen molar-refractivity contribution in [2.24, 2.45) is 0 Å². The fraction of sp³-hybridized carbons (Fsp3) is 0.889. The summed E-state index contributed by atoms with van der Waals surface area (Å²) in [6.45, 7) is 3.16. The maximum atomic E-state index is 10.8. The third-order valence-corrected chi connectivity index (χ3v) is 2.54. The van der Waals surface area contributed by atoms with Gasteiger partial charge in [0.15, 0.2) is 0 Å². The van der Waals surface area contributed by atoms with Crippen LogP contribution in [0.4, 0.5) is 0 Å². The number of rotatable bonds is 3. The molecule has 1 aliphatic heterocycles. The largest absolute Gasteiger partial charge is 0.480 e. The molecule has 2 atom stereocenters. The van der Waals surface area contributed by atoms with Gasteiger partial charge in [0.05, 0.1) is 6.10 Å². The van der Waals surface area contributed by atoms with Crippen LogP contribution in [0.3, 0.4) is 0 Å². The van der Waals surface area contributed by atoms with Crippen LogP contribution in [0.5, 0.6) is 0 Å². The van der Waals surface area contributed by atoms with Crippen molar-refractivity contribution in [3.8, 4) is 0 Å². The van der Waals surface area contributed by atoms with Crippen LogP contribution in [0.15, 0.2) is 0 Å². The Morgan fingerprint density at radius 1 is 1.69 bits per heavy atom. The topological polar surface area (TPSA) is 60.8 Å². The van der Waals surface area contributed by atoms with Crippen molar-refractivity contribution in [1.82, 2.24) is 4.90 Å². The summed E-state index contributed by atoms with van der Waals surface area (Å²) >= 11 is 0. The quantitative estimate of drug-likeness (QED) is 0.667. The van der Waals surface area contributed by atoms with Crippen molar-refractivity contribution in [1.29, 1.82) is 0 Å².